The van der Waals surface area contributed by atoms with Crippen molar-refractivity contribution in [2.45, 2.75) is 52.4 Å². The Morgan fingerprint density at radius 1 is 0.667 bits per heavy atom. The first-order valence-electron chi connectivity index (χ1n) is 10.4. The summed E-state index contributed by atoms with van der Waals surface area (Å²) < 4.78 is 0. The maximum absolute atomic E-state index is 12.6. The summed E-state index contributed by atoms with van der Waals surface area (Å²) in [6.45, 7) is 16.8. The molecule has 1 aliphatic carbocycles. The molecule has 1 saturated carbocycles. The maximum atomic E-state index is 12.6. The molecule has 0 aliphatic heterocycles. The van der Waals surface area contributed by atoms with Crippen LogP contribution in [-0.4, -0.2) is 11.8 Å². The number of benzene rings is 2. The molecule has 158 valence electrons. The van der Waals surface area contributed by atoms with Crippen molar-refractivity contribution in [1.29, 1.82) is 0 Å². The molecule has 2 aromatic rings. The van der Waals surface area contributed by atoms with Crippen molar-refractivity contribution in [2.24, 2.45) is 11.8 Å². The lowest BCUT2D eigenvalue weighted by atomic mass is 9.87. The first kappa shape index (κ1) is 21.8. The number of amides is 2. The van der Waals surface area contributed by atoms with Crippen molar-refractivity contribution in [3.63, 3.8) is 0 Å². The van der Waals surface area contributed by atoms with Crippen molar-refractivity contribution in [3.8, 4) is 0 Å². The van der Waals surface area contributed by atoms with Gasteiger partial charge in [0.15, 0.2) is 0 Å². The molecule has 1 fully saturated rings. The molecule has 2 N–H and O–H groups in total. The first-order chi connectivity index (χ1) is 13.9. The minimum atomic E-state index is -0.485. The number of rotatable bonds is 4. The fraction of sp³-hybridized carbons (Fsp3) is 0.385. The molecule has 2 amide bonds. The van der Waals surface area contributed by atoms with Crippen LogP contribution >= 0.6 is 0 Å². The van der Waals surface area contributed by atoms with Crippen LogP contribution in [0.1, 0.15) is 52.7 Å². The van der Waals surface area contributed by atoms with Crippen LogP contribution in [0.5, 0.6) is 0 Å². The third-order valence-electron chi connectivity index (χ3n) is 5.63. The minimum Gasteiger partial charge on any atom is -0.326 e. The lowest BCUT2D eigenvalue weighted by Crippen LogP contribution is -2.21. The quantitative estimate of drug-likeness (QED) is 0.646. The van der Waals surface area contributed by atoms with E-state index in [4.69, 9.17) is 0 Å². The van der Waals surface area contributed by atoms with Crippen LogP contribution in [0.2, 0.25) is 0 Å². The number of nitrogens with one attached hydrogen (secondary N) is 2. The van der Waals surface area contributed by atoms with Gasteiger partial charge in [-0.25, -0.2) is 0 Å². The van der Waals surface area contributed by atoms with E-state index in [1.54, 1.807) is 0 Å². The van der Waals surface area contributed by atoms with E-state index in [2.05, 4.69) is 58.8 Å². The number of hydrogen-bond donors (Lipinski definition) is 2. The van der Waals surface area contributed by atoms with Gasteiger partial charge in [-0.05, 0) is 46.2 Å². The van der Waals surface area contributed by atoms with Gasteiger partial charge in [0.2, 0.25) is 11.8 Å². The summed E-state index contributed by atoms with van der Waals surface area (Å²) >= 11 is 0. The SMILES string of the molecule is C=C1[C@@H](C(=O)Nc2ccc(C(C)(C)C)cc2)[C@@H]1C(=O)Nc1ccc(C(C)(C)C)cc1. The predicted octanol–water partition coefficient (Wildman–Crippen LogP) is 5.66. The van der Waals surface area contributed by atoms with Crippen molar-refractivity contribution < 1.29 is 9.59 Å². The highest BCUT2D eigenvalue weighted by Gasteiger charge is 2.52. The maximum Gasteiger partial charge on any atom is 0.232 e. The third kappa shape index (κ3) is 4.81. The minimum absolute atomic E-state index is 0.0571. The average molecular weight is 405 g/mol. The second-order valence-electron chi connectivity index (χ2n) is 10.2. The fourth-order valence-electron chi connectivity index (χ4n) is 3.50. The lowest BCUT2D eigenvalue weighted by Gasteiger charge is -2.19. The second-order valence-corrected chi connectivity index (χ2v) is 10.2. The summed E-state index contributed by atoms with van der Waals surface area (Å²) in [6.07, 6.45) is 0. The molecule has 1 aliphatic rings. The van der Waals surface area contributed by atoms with Crippen LogP contribution in [0.15, 0.2) is 60.7 Å². The van der Waals surface area contributed by atoms with Crippen LogP contribution in [0, 0.1) is 11.8 Å². The van der Waals surface area contributed by atoms with Gasteiger partial charge in [0.05, 0.1) is 11.8 Å². The van der Waals surface area contributed by atoms with Crippen molar-refractivity contribution in [3.05, 3.63) is 71.8 Å². The Balaban J connectivity index is 1.59. The van der Waals surface area contributed by atoms with E-state index in [1.165, 1.54) is 11.1 Å². The fourth-order valence-corrected chi connectivity index (χ4v) is 3.50. The third-order valence-corrected chi connectivity index (χ3v) is 5.63. The molecule has 3 rings (SSSR count). The van der Waals surface area contributed by atoms with Gasteiger partial charge in [0.25, 0.3) is 0 Å². The molecule has 30 heavy (non-hydrogen) atoms. The van der Waals surface area contributed by atoms with E-state index in [-0.39, 0.29) is 22.6 Å². The molecule has 0 radical (unpaired) electrons. The molecule has 4 nitrogen and oxygen atoms in total. The number of carbonyl (C=O) groups is 2. The Hall–Kier alpha value is -2.88. The van der Waals surface area contributed by atoms with E-state index >= 15 is 0 Å². The number of anilines is 2. The molecule has 0 unspecified atom stereocenters. The van der Waals surface area contributed by atoms with Gasteiger partial charge >= 0.3 is 0 Å². The summed E-state index contributed by atoms with van der Waals surface area (Å²) in [6, 6.07) is 15.7. The van der Waals surface area contributed by atoms with Gasteiger partial charge in [-0.15, -0.1) is 0 Å². The van der Waals surface area contributed by atoms with E-state index in [1.807, 2.05) is 48.5 Å². The Bertz CT molecular complexity index is 879. The number of carbonyl (C=O) groups excluding carboxylic acids is 2. The van der Waals surface area contributed by atoms with E-state index in [0.717, 1.165) is 11.4 Å². The topological polar surface area (TPSA) is 58.2 Å². The zero-order valence-corrected chi connectivity index (χ0v) is 18.8. The van der Waals surface area contributed by atoms with Gasteiger partial charge in [-0.2, -0.15) is 0 Å². The lowest BCUT2D eigenvalue weighted by molar-refractivity contribution is -0.122. The molecule has 0 aromatic heterocycles. The molecule has 0 saturated heterocycles. The molecule has 0 bridgehead atoms. The summed E-state index contributed by atoms with van der Waals surface area (Å²) in [5.41, 5.74) is 4.62. The number of hydrogen-bond acceptors (Lipinski definition) is 2. The highest BCUT2D eigenvalue weighted by Crippen LogP contribution is 2.45. The standard InChI is InChI=1S/C26H32N2O2/c1-16-21(23(29)27-19-12-8-17(9-13-19)25(2,3)4)22(16)24(30)28-20-14-10-18(11-15-20)26(5,6)7/h8-15,21-22H,1H2,2-7H3,(H,27,29)(H,28,30)/t21-,22-/m1/s1. The van der Waals surface area contributed by atoms with Gasteiger partial charge in [0, 0.05) is 11.4 Å². The predicted molar refractivity (Wildman–Crippen MR) is 124 cm³/mol. The smallest absolute Gasteiger partial charge is 0.232 e. The normalized spacial score (nSPS) is 18.7. The first-order valence-corrected chi connectivity index (χ1v) is 10.4. The van der Waals surface area contributed by atoms with E-state index in [0.29, 0.717) is 5.57 Å². The van der Waals surface area contributed by atoms with E-state index < -0.39 is 11.8 Å². The van der Waals surface area contributed by atoms with Crippen LogP contribution in [-0.2, 0) is 20.4 Å². The molecule has 0 spiro atoms. The molecule has 2 atom stereocenters. The summed E-state index contributed by atoms with van der Waals surface area (Å²) in [5.74, 6) is -1.35. The summed E-state index contributed by atoms with van der Waals surface area (Å²) in [4.78, 5) is 25.3. The largest absolute Gasteiger partial charge is 0.326 e. The van der Waals surface area contributed by atoms with Gasteiger partial charge < -0.3 is 10.6 Å². The average Bonchev–Trinajstić information content (AvgIpc) is 3.32. The summed E-state index contributed by atoms with van der Waals surface area (Å²) in [7, 11) is 0. The summed E-state index contributed by atoms with van der Waals surface area (Å²) in [5, 5.41) is 5.81. The van der Waals surface area contributed by atoms with Crippen LogP contribution in [0.4, 0.5) is 11.4 Å². The van der Waals surface area contributed by atoms with Crippen LogP contribution in [0.3, 0.4) is 0 Å². The highest BCUT2D eigenvalue weighted by atomic mass is 16.2. The Labute approximate surface area is 179 Å². The molecule has 0 heterocycles. The van der Waals surface area contributed by atoms with Crippen molar-refractivity contribution in [2.75, 3.05) is 10.6 Å². The van der Waals surface area contributed by atoms with Crippen molar-refractivity contribution in [1.82, 2.24) is 0 Å². The highest BCUT2D eigenvalue weighted by molar-refractivity contribution is 6.08. The molecular formula is C26H32N2O2. The zero-order valence-electron chi connectivity index (χ0n) is 18.8. The van der Waals surface area contributed by atoms with Gasteiger partial charge in [-0.1, -0.05) is 78.0 Å². The zero-order chi connectivity index (χ0) is 22.3. The molecular weight excluding hydrogens is 372 g/mol. The molecule has 2 aromatic carbocycles. The van der Waals surface area contributed by atoms with Gasteiger partial charge in [0.1, 0.15) is 0 Å². The van der Waals surface area contributed by atoms with Crippen LogP contribution < -0.4 is 10.6 Å². The second kappa shape index (κ2) is 7.75. The Morgan fingerprint density at radius 3 is 1.23 bits per heavy atom. The molecule has 4 heteroatoms. The van der Waals surface area contributed by atoms with Gasteiger partial charge in [-0.3, -0.25) is 9.59 Å². The van der Waals surface area contributed by atoms with Crippen molar-refractivity contribution >= 4 is 23.2 Å². The Morgan fingerprint density at radius 2 is 0.967 bits per heavy atom. The van der Waals surface area contributed by atoms with E-state index in [9.17, 15) is 9.59 Å². The van der Waals surface area contributed by atoms with Crippen LogP contribution in [0.25, 0.3) is 0 Å². The monoisotopic (exact) mass is 404 g/mol. The Kier molecular flexibility index (Phi) is 5.64.